The molecule has 0 radical (unpaired) electrons. The molecule has 0 bridgehead atoms. The van der Waals surface area contributed by atoms with Crippen LogP contribution in [0.3, 0.4) is 0 Å². The van der Waals surface area contributed by atoms with Crippen molar-refractivity contribution < 1.29 is 0 Å². The van der Waals surface area contributed by atoms with E-state index in [9.17, 15) is 0 Å². The second kappa shape index (κ2) is 4.24. The Morgan fingerprint density at radius 3 is 2.33 bits per heavy atom. The van der Waals surface area contributed by atoms with Crippen molar-refractivity contribution in [1.29, 1.82) is 0 Å². The van der Waals surface area contributed by atoms with E-state index in [1.807, 2.05) is 20.2 Å². The third-order valence-electron chi connectivity index (χ3n) is 1.03. The first-order valence-corrected chi connectivity index (χ1v) is 3.27. The van der Waals surface area contributed by atoms with Gasteiger partial charge in [0.25, 0.3) is 0 Å². The molecule has 0 aliphatic rings. The van der Waals surface area contributed by atoms with Crippen molar-refractivity contribution >= 4 is 0 Å². The molecule has 0 aliphatic heterocycles. The Balaban J connectivity index is 3.43. The fourth-order valence-electron chi connectivity index (χ4n) is 0.364. The van der Waals surface area contributed by atoms with E-state index >= 15 is 0 Å². The van der Waals surface area contributed by atoms with Gasteiger partial charge in [0.05, 0.1) is 0 Å². The standard InChI is InChI=1S/C7H16N2/c1-6(2)9-5-7(3)8-4/h5-6,8-9H,1-4H3/b7-5-. The molecular weight excluding hydrogens is 112 g/mol. The lowest BCUT2D eigenvalue weighted by atomic mass is 10.4. The van der Waals surface area contributed by atoms with Crippen molar-refractivity contribution in [1.82, 2.24) is 10.6 Å². The van der Waals surface area contributed by atoms with Crippen molar-refractivity contribution in [2.24, 2.45) is 0 Å². The van der Waals surface area contributed by atoms with Gasteiger partial charge in [0, 0.05) is 25.0 Å². The summed E-state index contributed by atoms with van der Waals surface area (Å²) in [5, 5.41) is 6.19. The number of nitrogens with one attached hydrogen (secondary N) is 2. The molecule has 0 saturated heterocycles. The zero-order chi connectivity index (χ0) is 7.28. The Bertz CT molecular complexity index is 95.1. The second-order valence-electron chi connectivity index (χ2n) is 2.40. The molecule has 0 heterocycles. The highest BCUT2D eigenvalue weighted by Crippen LogP contribution is 1.82. The van der Waals surface area contributed by atoms with Crippen molar-refractivity contribution in [2.75, 3.05) is 7.05 Å². The summed E-state index contributed by atoms with van der Waals surface area (Å²) in [6.45, 7) is 6.24. The van der Waals surface area contributed by atoms with Crippen LogP contribution in [-0.2, 0) is 0 Å². The second-order valence-corrected chi connectivity index (χ2v) is 2.40. The number of hydrogen-bond donors (Lipinski definition) is 2. The minimum Gasteiger partial charge on any atom is -0.390 e. The maximum Gasteiger partial charge on any atom is 0.0232 e. The topological polar surface area (TPSA) is 24.1 Å². The lowest BCUT2D eigenvalue weighted by molar-refractivity contribution is 0.693. The molecule has 0 fully saturated rings. The van der Waals surface area contributed by atoms with Crippen LogP contribution in [0.15, 0.2) is 11.9 Å². The summed E-state index contributed by atoms with van der Waals surface area (Å²) in [5.74, 6) is 0. The van der Waals surface area contributed by atoms with E-state index in [-0.39, 0.29) is 0 Å². The fraction of sp³-hybridized carbons (Fsp3) is 0.714. The summed E-state index contributed by atoms with van der Waals surface area (Å²) in [4.78, 5) is 0. The molecule has 2 N–H and O–H groups in total. The normalized spacial score (nSPS) is 11.9. The average molecular weight is 128 g/mol. The van der Waals surface area contributed by atoms with Crippen molar-refractivity contribution in [3.8, 4) is 0 Å². The SMILES string of the molecule is CN/C(C)=C\NC(C)C. The van der Waals surface area contributed by atoms with Gasteiger partial charge >= 0.3 is 0 Å². The van der Waals surface area contributed by atoms with Crippen LogP contribution in [0.5, 0.6) is 0 Å². The monoisotopic (exact) mass is 128 g/mol. The zero-order valence-corrected chi connectivity index (χ0v) is 6.65. The maximum atomic E-state index is 3.17. The molecule has 0 aromatic carbocycles. The Labute approximate surface area is 57.3 Å². The highest BCUT2D eigenvalue weighted by molar-refractivity contribution is 4.92. The van der Waals surface area contributed by atoms with Gasteiger partial charge in [0.1, 0.15) is 0 Å². The Morgan fingerprint density at radius 2 is 2.00 bits per heavy atom. The molecule has 0 aromatic heterocycles. The lowest BCUT2D eigenvalue weighted by Crippen LogP contribution is -2.18. The predicted molar refractivity (Wildman–Crippen MR) is 41.1 cm³/mol. The van der Waals surface area contributed by atoms with Crippen molar-refractivity contribution in [2.45, 2.75) is 26.8 Å². The largest absolute Gasteiger partial charge is 0.390 e. The third-order valence-corrected chi connectivity index (χ3v) is 1.03. The molecule has 0 aliphatic carbocycles. The fourth-order valence-corrected chi connectivity index (χ4v) is 0.364. The molecule has 2 nitrogen and oxygen atoms in total. The Hall–Kier alpha value is -0.660. The molecule has 2 heteroatoms. The number of rotatable bonds is 3. The quantitative estimate of drug-likeness (QED) is 0.594. The molecule has 0 unspecified atom stereocenters. The average Bonchev–Trinajstić information content (AvgIpc) is 1.83. The molecule has 0 aromatic rings. The van der Waals surface area contributed by atoms with Crippen LogP contribution in [0.1, 0.15) is 20.8 Å². The Kier molecular flexibility index (Phi) is 3.93. The lowest BCUT2D eigenvalue weighted by Gasteiger charge is -2.05. The van der Waals surface area contributed by atoms with Gasteiger partial charge in [0.15, 0.2) is 0 Å². The van der Waals surface area contributed by atoms with Crippen LogP contribution in [0, 0.1) is 0 Å². The van der Waals surface area contributed by atoms with Gasteiger partial charge in [-0.1, -0.05) is 0 Å². The molecule has 0 rings (SSSR count). The molecule has 0 amide bonds. The van der Waals surface area contributed by atoms with Crippen LogP contribution in [0.2, 0.25) is 0 Å². The minimum absolute atomic E-state index is 0.522. The molecule has 54 valence electrons. The van der Waals surface area contributed by atoms with Gasteiger partial charge < -0.3 is 10.6 Å². The first kappa shape index (κ1) is 8.34. The van der Waals surface area contributed by atoms with Gasteiger partial charge in [-0.15, -0.1) is 0 Å². The minimum atomic E-state index is 0.522. The number of hydrogen-bond acceptors (Lipinski definition) is 2. The van der Waals surface area contributed by atoms with Gasteiger partial charge in [-0.3, -0.25) is 0 Å². The summed E-state index contributed by atoms with van der Waals surface area (Å²) in [6, 6.07) is 0.522. The van der Waals surface area contributed by atoms with E-state index in [0.29, 0.717) is 6.04 Å². The van der Waals surface area contributed by atoms with Gasteiger partial charge in [0.2, 0.25) is 0 Å². The highest BCUT2D eigenvalue weighted by Gasteiger charge is 1.85. The van der Waals surface area contributed by atoms with Crippen LogP contribution in [0.4, 0.5) is 0 Å². The number of allylic oxidation sites excluding steroid dienone is 1. The summed E-state index contributed by atoms with van der Waals surface area (Å²) >= 11 is 0. The van der Waals surface area contributed by atoms with E-state index in [4.69, 9.17) is 0 Å². The van der Waals surface area contributed by atoms with Gasteiger partial charge in [-0.05, 0) is 20.8 Å². The summed E-state index contributed by atoms with van der Waals surface area (Å²) in [5.41, 5.74) is 1.16. The van der Waals surface area contributed by atoms with Gasteiger partial charge in [-0.25, -0.2) is 0 Å². The highest BCUT2D eigenvalue weighted by atomic mass is 14.9. The van der Waals surface area contributed by atoms with E-state index in [0.717, 1.165) is 5.70 Å². The van der Waals surface area contributed by atoms with Crippen LogP contribution in [-0.4, -0.2) is 13.1 Å². The van der Waals surface area contributed by atoms with Crippen molar-refractivity contribution in [3.05, 3.63) is 11.9 Å². The molecular formula is C7H16N2. The molecule has 0 spiro atoms. The summed E-state index contributed by atoms with van der Waals surface area (Å²) < 4.78 is 0. The van der Waals surface area contributed by atoms with E-state index < -0.39 is 0 Å². The summed E-state index contributed by atoms with van der Waals surface area (Å²) in [6.07, 6.45) is 1.98. The van der Waals surface area contributed by atoms with E-state index in [1.165, 1.54) is 0 Å². The van der Waals surface area contributed by atoms with E-state index in [1.54, 1.807) is 0 Å². The first-order valence-electron chi connectivity index (χ1n) is 3.27. The molecule has 0 atom stereocenters. The predicted octanol–water partition coefficient (Wildman–Crippen LogP) is 1.07. The van der Waals surface area contributed by atoms with Crippen molar-refractivity contribution in [3.63, 3.8) is 0 Å². The maximum absolute atomic E-state index is 3.17. The van der Waals surface area contributed by atoms with E-state index in [2.05, 4.69) is 24.5 Å². The van der Waals surface area contributed by atoms with Crippen LogP contribution < -0.4 is 10.6 Å². The zero-order valence-electron chi connectivity index (χ0n) is 6.65. The first-order chi connectivity index (χ1) is 4.16. The smallest absolute Gasteiger partial charge is 0.0232 e. The molecule has 0 saturated carbocycles. The van der Waals surface area contributed by atoms with Crippen LogP contribution in [0.25, 0.3) is 0 Å². The van der Waals surface area contributed by atoms with Gasteiger partial charge in [-0.2, -0.15) is 0 Å². The Morgan fingerprint density at radius 1 is 1.44 bits per heavy atom. The van der Waals surface area contributed by atoms with Crippen LogP contribution >= 0.6 is 0 Å². The third kappa shape index (κ3) is 5.21. The summed E-state index contributed by atoms with van der Waals surface area (Å²) in [7, 11) is 1.91. The molecule has 9 heavy (non-hydrogen) atoms.